The number of ether oxygens (including phenoxy) is 2. The summed E-state index contributed by atoms with van der Waals surface area (Å²) in [4.78, 5) is 13.9. The molecule has 42 heavy (non-hydrogen) atoms. The molecule has 0 amide bonds. The van der Waals surface area contributed by atoms with Crippen LogP contribution in [0.4, 0.5) is 10.1 Å². The molecule has 0 bridgehead atoms. The molecule has 1 aromatic rings. The molecule has 0 saturated heterocycles. The van der Waals surface area contributed by atoms with Crippen molar-refractivity contribution in [2.75, 3.05) is 31.7 Å². The SMILES string of the molecule is CC.CC.COc1cc(C2=CC3=NOC(C)N3CCO2)ccc1N1C=NC(C)=CC1.C\C=C(/C=C(F)\C=C\P)CCC. The van der Waals surface area contributed by atoms with Crippen molar-refractivity contribution in [2.45, 2.75) is 74.5 Å². The first kappa shape index (κ1) is 36.6. The fraction of sp³-hybridized carbons (Fsp3) is 0.455. The first-order valence-electron chi connectivity index (χ1n) is 14.8. The Hall–Kier alpha value is -3.38. The number of oxime groups is 1. The Morgan fingerprint density at radius 1 is 1.24 bits per heavy atom. The summed E-state index contributed by atoms with van der Waals surface area (Å²) >= 11 is 0. The maximum Gasteiger partial charge on any atom is 0.198 e. The maximum absolute atomic E-state index is 12.9. The van der Waals surface area contributed by atoms with Gasteiger partial charge in [0.1, 0.15) is 23.9 Å². The van der Waals surface area contributed by atoms with Crippen molar-refractivity contribution in [3.05, 3.63) is 77.1 Å². The van der Waals surface area contributed by atoms with Gasteiger partial charge in [0.05, 0.1) is 25.7 Å². The van der Waals surface area contributed by atoms with Crippen molar-refractivity contribution >= 4 is 32.9 Å². The van der Waals surface area contributed by atoms with E-state index in [0.717, 1.165) is 65.8 Å². The van der Waals surface area contributed by atoms with Crippen molar-refractivity contribution < 1.29 is 18.7 Å². The van der Waals surface area contributed by atoms with Crippen LogP contribution in [0.5, 0.6) is 5.75 Å². The fourth-order valence-corrected chi connectivity index (χ4v) is 4.22. The molecule has 0 aromatic heterocycles. The van der Waals surface area contributed by atoms with Gasteiger partial charge in [0, 0.05) is 23.9 Å². The van der Waals surface area contributed by atoms with E-state index in [4.69, 9.17) is 14.3 Å². The monoisotopic (exact) mass is 600 g/mol. The van der Waals surface area contributed by atoms with Crippen LogP contribution in [0.25, 0.3) is 5.76 Å². The number of methoxy groups -OCH3 is 1. The van der Waals surface area contributed by atoms with Crippen molar-refractivity contribution in [3.63, 3.8) is 0 Å². The van der Waals surface area contributed by atoms with Crippen LogP contribution in [0.3, 0.4) is 0 Å². The minimum Gasteiger partial charge on any atom is -0.495 e. The fourth-order valence-electron chi connectivity index (χ4n) is 4.04. The Morgan fingerprint density at radius 3 is 2.57 bits per heavy atom. The Labute approximate surface area is 255 Å². The third-order valence-corrected chi connectivity index (χ3v) is 6.32. The highest BCUT2D eigenvalue weighted by Gasteiger charge is 2.28. The number of nitrogens with zero attached hydrogens (tertiary/aromatic N) is 4. The van der Waals surface area contributed by atoms with Crippen molar-refractivity contribution in [1.82, 2.24) is 4.90 Å². The highest BCUT2D eigenvalue weighted by Crippen LogP contribution is 2.33. The molecule has 2 unspecified atom stereocenters. The highest BCUT2D eigenvalue weighted by molar-refractivity contribution is 7.20. The summed E-state index contributed by atoms with van der Waals surface area (Å²) < 4.78 is 24.5. The Bertz CT molecular complexity index is 1190. The number of hydrogen-bond donors (Lipinski definition) is 0. The smallest absolute Gasteiger partial charge is 0.198 e. The van der Waals surface area contributed by atoms with Crippen molar-refractivity contribution in [3.8, 4) is 5.75 Å². The number of allylic oxidation sites excluding steroid dienone is 6. The molecular formula is C33H50FN4O3P. The van der Waals surface area contributed by atoms with Gasteiger partial charge in [-0.3, -0.25) is 0 Å². The molecule has 0 N–H and O–H groups in total. The quantitative estimate of drug-likeness (QED) is 0.231. The lowest BCUT2D eigenvalue weighted by Gasteiger charge is -2.23. The van der Waals surface area contributed by atoms with Gasteiger partial charge in [-0.05, 0) is 69.2 Å². The van der Waals surface area contributed by atoms with Crippen LogP contribution in [-0.2, 0) is 9.57 Å². The zero-order valence-corrected chi connectivity index (χ0v) is 28.0. The molecule has 0 aliphatic carbocycles. The van der Waals surface area contributed by atoms with Crippen LogP contribution in [0.2, 0.25) is 0 Å². The lowest BCUT2D eigenvalue weighted by molar-refractivity contribution is 0.0203. The minimum absolute atomic E-state index is 0.0592. The van der Waals surface area contributed by atoms with E-state index < -0.39 is 0 Å². The van der Waals surface area contributed by atoms with Crippen LogP contribution in [0.1, 0.15) is 73.8 Å². The van der Waals surface area contributed by atoms with E-state index in [1.54, 1.807) is 19.0 Å². The first-order valence-corrected chi connectivity index (χ1v) is 15.5. The van der Waals surface area contributed by atoms with Crippen LogP contribution in [0.15, 0.2) is 81.6 Å². The van der Waals surface area contributed by atoms with Crippen molar-refractivity contribution in [2.24, 2.45) is 10.1 Å². The molecule has 9 heteroatoms. The summed E-state index contributed by atoms with van der Waals surface area (Å²) in [5, 5.41) is 4.14. The third kappa shape index (κ3) is 11.1. The minimum atomic E-state index is -0.188. The van der Waals surface area contributed by atoms with Gasteiger partial charge in [0.15, 0.2) is 12.1 Å². The molecule has 0 radical (unpaired) electrons. The van der Waals surface area contributed by atoms with Gasteiger partial charge in [-0.2, -0.15) is 0 Å². The van der Waals surface area contributed by atoms with Crippen molar-refractivity contribution in [1.29, 1.82) is 0 Å². The highest BCUT2D eigenvalue weighted by atomic mass is 31.0. The molecule has 232 valence electrons. The second-order valence-corrected chi connectivity index (χ2v) is 9.22. The number of benzene rings is 1. The van der Waals surface area contributed by atoms with Crippen LogP contribution in [0, 0.1) is 0 Å². The normalized spacial score (nSPS) is 17.9. The van der Waals surface area contributed by atoms with E-state index in [1.807, 2.05) is 85.2 Å². The van der Waals surface area contributed by atoms with Gasteiger partial charge in [-0.1, -0.05) is 58.1 Å². The number of hydrogen-bond acceptors (Lipinski definition) is 7. The zero-order valence-electron chi connectivity index (χ0n) is 26.9. The molecule has 0 fully saturated rings. The standard InChI is InChI=1S/C19H22N4O3.C10H16FP.2C2H6/c1-13-6-7-22(12-20-13)16-5-4-15(10-18(16)24-3)17-11-19-21-26-14(2)23(19)8-9-25-17;1-3-5-9(4-2)8-10(11)6-7-12;2*1-2/h4-6,10-12,14H,7-9H2,1-3H3;4,6-8H,3,5,12H2,1-2H3;2*1-2H3/b;7-6+,9-4-,10-8+;;. The van der Waals surface area contributed by atoms with E-state index in [1.165, 1.54) is 6.08 Å². The van der Waals surface area contributed by atoms with Gasteiger partial charge < -0.3 is 24.1 Å². The van der Waals surface area contributed by atoms with Crippen LogP contribution >= 0.6 is 9.24 Å². The first-order chi connectivity index (χ1) is 20.4. The van der Waals surface area contributed by atoms with Gasteiger partial charge in [0.25, 0.3) is 0 Å². The van der Waals surface area contributed by atoms with Gasteiger partial charge in [-0.15, -0.1) is 9.24 Å². The average Bonchev–Trinajstić information content (AvgIpc) is 3.23. The summed E-state index contributed by atoms with van der Waals surface area (Å²) in [7, 11) is 4.02. The number of aliphatic imine (C=N–C) groups is 1. The summed E-state index contributed by atoms with van der Waals surface area (Å²) in [6.45, 7) is 18.1. The average molecular weight is 601 g/mol. The summed E-state index contributed by atoms with van der Waals surface area (Å²) in [5.74, 6) is 3.75. The van der Waals surface area contributed by atoms with E-state index in [9.17, 15) is 4.39 Å². The van der Waals surface area contributed by atoms with Gasteiger partial charge >= 0.3 is 0 Å². The Balaban J connectivity index is 0.000000468. The number of amidine groups is 1. The van der Waals surface area contributed by atoms with Gasteiger partial charge in [0.2, 0.25) is 0 Å². The second kappa shape index (κ2) is 20.5. The van der Waals surface area contributed by atoms with Gasteiger partial charge in [-0.25, -0.2) is 9.38 Å². The number of halogens is 1. The van der Waals surface area contributed by atoms with E-state index in [0.29, 0.717) is 6.61 Å². The molecule has 3 aliphatic rings. The Morgan fingerprint density at radius 2 is 1.98 bits per heavy atom. The largest absolute Gasteiger partial charge is 0.495 e. The third-order valence-electron chi connectivity index (χ3n) is 6.13. The lowest BCUT2D eigenvalue weighted by Crippen LogP contribution is -2.34. The molecule has 4 rings (SSSR count). The van der Waals surface area contributed by atoms with Crippen LogP contribution < -0.4 is 9.64 Å². The second-order valence-electron chi connectivity index (χ2n) is 8.84. The summed E-state index contributed by atoms with van der Waals surface area (Å²) in [6.07, 6.45) is 12.7. The van der Waals surface area contributed by atoms with E-state index in [2.05, 4.69) is 42.2 Å². The number of fused-ring (bicyclic) bond motifs is 1. The maximum atomic E-state index is 12.9. The number of rotatable bonds is 7. The zero-order chi connectivity index (χ0) is 31.5. The van der Waals surface area contributed by atoms with E-state index >= 15 is 0 Å². The number of anilines is 1. The predicted molar refractivity (Wildman–Crippen MR) is 181 cm³/mol. The lowest BCUT2D eigenvalue weighted by atomic mass is 10.1. The molecule has 0 spiro atoms. The molecule has 7 nitrogen and oxygen atoms in total. The predicted octanol–water partition coefficient (Wildman–Crippen LogP) is 8.84. The van der Waals surface area contributed by atoms with Crippen LogP contribution in [-0.4, -0.2) is 50.1 Å². The molecule has 2 atom stereocenters. The summed E-state index contributed by atoms with van der Waals surface area (Å²) in [6, 6.07) is 6.03. The molecule has 0 saturated carbocycles. The molecular weight excluding hydrogens is 550 g/mol. The Kier molecular flexibility index (Phi) is 17.9. The topological polar surface area (TPSA) is 58.9 Å². The van der Waals surface area contributed by atoms with E-state index in [-0.39, 0.29) is 12.1 Å². The summed E-state index contributed by atoms with van der Waals surface area (Å²) in [5.41, 5.74) is 3.98. The molecule has 3 heterocycles. The molecule has 1 aromatic carbocycles. The molecule has 3 aliphatic heterocycles.